The van der Waals surface area contributed by atoms with Crippen LogP contribution in [0, 0.1) is 0 Å². The van der Waals surface area contributed by atoms with Crippen LogP contribution < -0.4 is 20.9 Å². The van der Waals surface area contributed by atoms with Crippen molar-refractivity contribution in [3.63, 3.8) is 0 Å². The van der Waals surface area contributed by atoms with Gasteiger partial charge in [-0.3, -0.25) is 9.59 Å². The fourth-order valence-corrected chi connectivity index (χ4v) is 4.13. The Bertz CT molecular complexity index is 1090. The van der Waals surface area contributed by atoms with Crippen LogP contribution in [0.5, 0.6) is 0 Å². The van der Waals surface area contributed by atoms with Gasteiger partial charge in [0.2, 0.25) is 5.91 Å². The van der Waals surface area contributed by atoms with E-state index in [9.17, 15) is 9.59 Å². The van der Waals surface area contributed by atoms with Crippen molar-refractivity contribution >= 4 is 28.9 Å². The van der Waals surface area contributed by atoms with E-state index in [1.165, 1.54) is 6.26 Å². The highest BCUT2D eigenvalue weighted by Crippen LogP contribution is 2.39. The lowest BCUT2D eigenvalue weighted by Gasteiger charge is -2.40. The lowest BCUT2D eigenvalue weighted by Crippen LogP contribution is -2.51. The van der Waals surface area contributed by atoms with E-state index >= 15 is 0 Å². The molecule has 1 aromatic heterocycles. The van der Waals surface area contributed by atoms with Gasteiger partial charge in [0.15, 0.2) is 5.76 Å². The zero-order valence-corrected chi connectivity index (χ0v) is 18.4. The summed E-state index contributed by atoms with van der Waals surface area (Å²) in [5.74, 6) is 0.00476. The number of fused-ring (bicyclic) bond motifs is 1. The summed E-state index contributed by atoms with van der Waals surface area (Å²) in [6.45, 7) is 5.37. The number of amides is 2. The van der Waals surface area contributed by atoms with Crippen LogP contribution in [-0.4, -0.2) is 37.5 Å². The van der Waals surface area contributed by atoms with Crippen LogP contribution in [0.4, 0.5) is 17.1 Å². The number of nitrogens with zero attached hydrogens (tertiary/aromatic N) is 2. The van der Waals surface area contributed by atoms with Crippen molar-refractivity contribution in [2.75, 3.05) is 34.8 Å². The topological polar surface area (TPSA) is 91.8 Å². The maximum absolute atomic E-state index is 13.2. The number of benzene rings is 2. The van der Waals surface area contributed by atoms with Crippen LogP contribution in [-0.2, 0) is 4.79 Å². The lowest BCUT2D eigenvalue weighted by molar-refractivity contribution is -0.117. The monoisotopic (exact) mass is 432 g/mol. The molecular weight excluding hydrogens is 404 g/mol. The van der Waals surface area contributed by atoms with Crippen molar-refractivity contribution in [2.45, 2.75) is 26.3 Å². The standard InChI is InChI=1S/C25H28N4O3/c1-17-16-28(25(31)24-5-3-14-32-24)23-15-20(8-11-22(23)29(17)18(2)30)19-6-9-21(10-7-19)27-13-4-12-26/h3,5-11,14-15,17,27H,4,12-13,16,26H2,1-2H3/t17-/m0/s1. The average molecular weight is 433 g/mol. The minimum absolute atomic E-state index is 0.0514. The second kappa shape index (κ2) is 9.28. The molecule has 166 valence electrons. The van der Waals surface area contributed by atoms with Crippen LogP contribution in [0.2, 0.25) is 0 Å². The fraction of sp³-hybridized carbons (Fsp3) is 0.280. The number of carbonyl (C=O) groups is 2. The maximum atomic E-state index is 13.2. The molecule has 0 aliphatic carbocycles. The Labute approximate surface area is 187 Å². The number of anilines is 3. The Hall–Kier alpha value is -3.58. The first kappa shape index (κ1) is 21.6. The van der Waals surface area contributed by atoms with E-state index in [1.807, 2.05) is 49.4 Å². The van der Waals surface area contributed by atoms with Gasteiger partial charge in [-0.25, -0.2) is 0 Å². The van der Waals surface area contributed by atoms with Crippen LogP contribution in [0.1, 0.15) is 30.8 Å². The van der Waals surface area contributed by atoms with Crippen molar-refractivity contribution in [3.05, 3.63) is 66.6 Å². The van der Waals surface area contributed by atoms with Gasteiger partial charge < -0.3 is 25.3 Å². The van der Waals surface area contributed by atoms with E-state index in [0.29, 0.717) is 18.8 Å². The molecule has 1 aliphatic heterocycles. The molecule has 0 unspecified atom stereocenters. The first-order chi connectivity index (χ1) is 15.5. The Morgan fingerprint density at radius 3 is 2.50 bits per heavy atom. The van der Waals surface area contributed by atoms with E-state index in [-0.39, 0.29) is 23.6 Å². The molecule has 4 rings (SSSR count). The van der Waals surface area contributed by atoms with Gasteiger partial charge in [0.05, 0.1) is 23.7 Å². The molecule has 0 bridgehead atoms. The molecule has 0 saturated heterocycles. The van der Waals surface area contributed by atoms with Gasteiger partial charge in [-0.05, 0) is 67.4 Å². The number of nitrogens with one attached hydrogen (secondary N) is 1. The van der Waals surface area contributed by atoms with E-state index in [1.54, 1.807) is 28.9 Å². The Balaban J connectivity index is 1.70. The second-order valence-electron chi connectivity index (χ2n) is 7.98. The number of nitrogens with two attached hydrogens (primary N) is 1. The van der Waals surface area contributed by atoms with Gasteiger partial charge in [-0.15, -0.1) is 0 Å². The highest BCUT2D eigenvalue weighted by molar-refractivity contribution is 6.10. The van der Waals surface area contributed by atoms with Gasteiger partial charge in [0.25, 0.3) is 5.91 Å². The summed E-state index contributed by atoms with van der Waals surface area (Å²) in [6.07, 6.45) is 2.40. The third kappa shape index (κ3) is 4.24. The van der Waals surface area contributed by atoms with Crippen molar-refractivity contribution in [2.24, 2.45) is 5.73 Å². The van der Waals surface area contributed by atoms with Crippen LogP contribution in [0.15, 0.2) is 65.3 Å². The zero-order valence-electron chi connectivity index (χ0n) is 18.4. The van der Waals surface area contributed by atoms with E-state index in [0.717, 1.165) is 35.5 Å². The summed E-state index contributed by atoms with van der Waals surface area (Å²) in [7, 11) is 0. The van der Waals surface area contributed by atoms with E-state index in [4.69, 9.17) is 10.2 Å². The van der Waals surface area contributed by atoms with Crippen LogP contribution in [0.25, 0.3) is 11.1 Å². The highest BCUT2D eigenvalue weighted by Gasteiger charge is 2.34. The first-order valence-corrected chi connectivity index (χ1v) is 10.8. The third-order valence-corrected chi connectivity index (χ3v) is 5.66. The fourth-order valence-electron chi connectivity index (χ4n) is 4.13. The molecule has 0 saturated carbocycles. The summed E-state index contributed by atoms with van der Waals surface area (Å²) >= 11 is 0. The summed E-state index contributed by atoms with van der Waals surface area (Å²) in [6, 6.07) is 17.2. The molecule has 2 amide bonds. The van der Waals surface area contributed by atoms with Crippen molar-refractivity contribution in [1.82, 2.24) is 0 Å². The average Bonchev–Trinajstić information content (AvgIpc) is 3.33. The quantitative estimate of drug-likeness (QED) is 0.572. The molecule has 3 aromatic rings. The first-order valence-electron chi connectivity index (χ1n) is 10.8. The van der Waals surface area contributed by atoms with Crippen molar-refractivity contribution < 1.29 is 14.0 Å². The van der Waals surface area contributed by atoms with Gasteiger partial charge >= 0.3 is 0 Å². The second-order valence-corrected chi connectivity index (χ2v) is 7.98. The molecule has 2 aromatic carbocycles. The summed E-state index contributed by atoms with van der Waals surface area (Å²) in [5, 5.41) is 3.35. The number of hydrogen-bond acceptors (Lipinski definition) is 5. The number of furan rings is 1. The van der Waals surface area contributed by atoms with Gasteiger partial charge in [-0.1, -0.05) is 18.2 Å². The molecule has 0 fully saturated rings. The largest absolute Gasteiger partial charge is 0.459 e. The Morgan fingerprint density at radius 2 is 1.84 bits per heavy atom. The predicted octanol–water partition coefficient (Wildman–Crippen LogP) is 4.11. The SMILES string of the molecule is CC(=O)N1c2ccc(-c3ccc(NCCCN)cc3)cc2N(C(=O)c2ccco2)C[C@@H]1C. The van der Waals surface area contributed by atoms with Crippen LogP contribution in [0.3, 0.4) is 0 Å². The molecule has 3 N–H and O–H groups in total. The molecule has 2 heterocycles. The summed E-state index contributed by atoms with van der Waals surface area (Å²) in [4.78, 5) is 29.0. The number of carbonyl (C=O) groups excluding carboxylic acids is 2. The maximum Gasteiger partial charge on any atom is 0.294 e. The molecule has 7 nitrogen and oxygen atoms in total. The molecule has 0 spiro atoms. The lowest BCUT2D eigenvalue weighted by atomic mass is 10.00. The smallest absolute Gasteiger partial charge is 0.294 e. The summed E-state index contributed by atoms with van der Waals surface area (Å²) < 4.78 is 5.35. The number of rotatable bonds is 6. The van der Waals surface area contributed by atoms with Crippen molar-refractivity contribution in [1.29, 1.82) is 0 Å². The summed E-state index contributed by atoms with van der Waals surface area (Å²) in [5.41, 5.74) is 9.99. The minimum atomic E-state index is -0.220. The minimum Gasteiger partial charge on any atom is -0.459 e. The molecule has 1 aliphatic rings. The van der Waals surface area contributed by atoms with Gasteiger partial charge in [-0.2, -0.15) is 0 Å². The molecular formula is C25H28N4O3. The molecule has 32 heavy (non-hydrogen) atoms. The number of hydrogen-bond donors (Lipinski definition) is 2. The molecule has 0 radical (unpaired) electrons. The van der Waals surface area contributed by atoms with Gasteiger partial charge in [0.1, 0.15) is 0 Å². The van der Waals surface area contributed by atoms with E-state index < -0.39 is 0 Å². The zero-order chi connectivity index (χ0) is 22.7. The predicted molar refractivity (Wildman–Crippen MR) is 127 cm³/mol. The Morgan fingerprint density at radius 1 is 1.09 bits per heavy atom. The normalized spacial score (nSPS) is 15.4. The molecule has 1 atom stereocenters. The van der Waals surface area contributed by atoms with Crippen molar-refractivity contribution in [3.8, 4) is 11.1 Å². The van der Waals surface area contributed by atoms with Gasteiger partial charge in [0, 0.05) is 25.7 Å². The van der Waals surface area contributed by atoms with E-state index in [2.05, 4.69) is 5.32 Å². The Kier molecular flexibility index (Phi) is 6.28. The molecule has 7 heteroatoms. The highest BCUT2D eigenvalue weighted by atomic mass is 16.3. The van der Waals surface area contributed by atoms with Crippen LogP contribution >= 0.6 is 0 Å². The third-order valence-electron chi connectivity index (χ3n) is 5.66.